The minimum atomic E-state index is 0.00691. The van der Waals surface area contributed by atoms with Gasteiger partial charge in [0.1, 0.15) is 5.78 Å². The summed E-state index contributed by atoms with van der Waals surface area (Å²) in [6, 6.07) is 17.9. The van der Waals surface area contributed by atoms with Gasteiger partial charge in [0.2, 0.25) is 0 Å². The van der Waals surface area contributed by atoms with Crippen molar-refractivity contribution in [2.45, 2.75) is 31.7 Å². The molecule has 0 saturated heterocycles. The molecule has 0 spiro atoms. The summed E-state index contributed by atoms with van der Waals surface area (Å²) in [6.07, 6.45) is 3.79. The second-order valence-electron chi connectivity index (χ2n) is 5.86. The van der Waals surface area contributed by atoms with Gasteiger partial charge in [-0.1, -0.05) is 54.4 Å². The molecule has 1 N–H and O–H groups in total. The monoisotopic (exact) mass is 313 g/mol. The van der Waals surface area contributed by atoms with Gasteiger partial charge in [-0.25, -0.2) is 0 Å². The summed E-state index contributed by atoms with van der Waals surface area (Å²) in [4.78, 5) is 12.4. The number of Topliss-reactive ketones (excluding diaryl/α,β-unsaturated/α-hetero) is 1. The molecule has 2 nitrogen and oxygen atoms in total. The van der Waals surface area contributed by atoms with E-state index in [0.29, 0.717) is 17.2 Å². The molecule has 0 bridgehead atoms. The molecule has 2 aromatic rings. The average molecular weight is 314 g/mol. The van der Waals surface area contributed by atoms with Gasteiger partial charge in [-0.05, 0) is 36.6 Å². The van der Waals surface area contributed by atoms with Crippen LogP contribution in [0.2, 0.25) is 5.02 Å². The smallest absolute Gasteiger partial charge is 0.138 e. The number of carbonyl (C=O) groups excluding carboxylic acids is 1. The maximum absolute atomic E-state index is 12.4. The van der Waals surface area contributed by atoms with Crippen LogP contribution >= 0.6 is 11.6 Å². The zero-order chi connectivity index (χ0) is 15.4. The molecule has 0 unspecified atom stereocenters. The van der Waals surface area contributed by atoms with Crippen molar-refractivity contribution < 1.29 is 4.79 Å². The molecule has 22 heavy (non-hydrogen) atoms. The van der Waals surface area contributed by atoms with Crippen molar-refractivity contribution >= 4 is 23.1 Å². The van der Waals surface area contributed by atoms with Gasteiger partial charge >= 0.3 is 0 Å². The van der Waals surface area contributed by atoms with E-state index >= 15 is 0 Å². The lowest BCUT2D eigenvalue weighted by molar-refractivity contribution is -0.125. The predicted molar refractivity (Wildman–Crippen MR) is 91.2 cm³/mol. The van der Waals surface area contributed by atoms with Crippen LogP contribution in [0.15, 0.2) is 54.6 Å². The van der Waals surface area contributed by atoms with E-state index in [4.69, 9.17) is 11.6 Å². The van der Waals surface area contributed by atoms with Crippen LogP contribution in [-0.4, -0.2) is 5.78 Å². The third-order valence-electron chi connectivity index (χ3n) is 4.31. The van der Waals surface area contributed by atoms with E-state index in [1.54, 1.807) is 0 Å². The highest BCUT2D eigenvalue weighted by molar-refractivity contribution is 6.30. The maximum atomic E-state index is 12.4. The normalized spacial score (nSPS) is 19.7. The topological polar surface area (TPSA) is 29.1 Å². The molecular weight excluding hydrogens is 294 g/mol. The Bertz CT molecular complexity index is 641. The Morgan fingerprint density at radius 3 is 2.59 bits per heavy atom. The maximum Gasteiger partial charge on any atom is 0.138 e. The van der Waals surface area contributed by atoms with E-state index in [1.807, 2.05) is 42.5 Å². The first-order valence-corrected chi connectivity index (χ1v) is 8.21. The van der Waals surface area contributed by atoms with Crippen LogP contribution in [0.4, 0.5) is 5.69 Å². The van der Waals surface area contributed by atoms with Crippen molar-refractivity contribution in [1.82, 2.24) is 0 Å². The molecule has 2 atom stereocenters. The number of nitrogens with one attached hydrogen (secondary N) is 1. The van der Waals surface area contributed by atoms with E-state index < -0.39 is 0 Å². The highest BCUT2D eigenvalue weighted by Gasteiger charge is 2.31. The van der Waals surface area contributed by atoms with Crippen molar-refractivity contribution in [3.05, 3.63) is 65.2 Å². The highest BCUT2D eigenvalue weighted by atomic mass is 35.5. The summed E-state index contributed by atoms with van der Waals surface area (Å²) in [5, 5.41) is 4.23. The van der Waals surface area contributed by atoms with Crippen LogP contribution in [-0.2, 0) is 4.79 Å². The van der Waals surface area contributed by atoms with Crippen LogP contribution in [0.1, 0.15) is 37.3 Å². The Morgan fingerprint density at radius 1 is 1.05 bits per heavy atom. The molecule has 3 heteroatoms. The minimum Gasteiger partial charge on any atom is -0.377 e. The number of ketones is 1. The Balaban J connectivity index is 1.90. The zero-order valence-electron chi connectivity index (χ0n) is 12.5. The number of hydrogen-bond donors (Lipinski definition) is 1. The number of anilines is 1. The standard InChI is InChI=1S/C19H20ClNO/c20-15-9-6-10-16(13-15)21-19(14-7-2-1-3-8-14)17-11-4-5-12-18(17)22/h1-3,6-10,13,17,19,21H,4-5,11-12H2/t17-,19+/m0/s1. The third kappa shape index (κ3) is 3.50. The first kappa shape index (κ1) is 15.1. The molecular formula is C19H20ClNO. The Morgan fingerprint density at radius 2 is 1.86 bits per heavy atom. The van der Waals surface area contributed by atoms with Crippen LogP contribution in [0, 0.1) is 5.92 Å². The van der Waals surface area contributed by atoms with Gasteiger partial charge in [-0.2, -0.15) is 0 Å². The zero-order valence-corrected chi connectivity index (χ0v) is 13.2. The first-order valence-electron chi connectivity index (χ1n) is 7.84. The van der Waals surface area contributed by atoms with E-state index in [-0.39, 0.29) is 12.0 Å². The average Bonchev–Trinajstić information content (AvgIpc) is 2.54. The Kier molecular flexibility index (Phi) is 4.79. The highest BCUT2D eigenvalue weighted by Crippen LogP contribution is 2.35. The van der Waals surface area contributed by atoms with Gasteiger partial charge in [-0.15, -0.1) is 0 Å². The molecule has 0 aromatic heterocycles. The fraction of sp³-hybridized carbons (Fsp3) is 0.316. The summed E-state index contributed by atoms with van der Waals surface area (Å²) in [6.45, 7) is 0. The fourth-order valence-electron chi connectivity index (χ4n) is 3.20. The van der Waals surface area contributed by atoms with Crippen molar-refractivity contribution in [2.24, 2.45) is 5.92 Å². The summed E-state index contributed by atoms with van der Waals surface area (Å²) >= 11 is 6.08. The summed E-state index contributed by atoms with van der Waals surface area (Å²) < 4.78 is 0. The van der Waals surface area contributed by atoms with E-state index in [0.717, 1.165) is 30.5 Å². The lowest BCUT2D eigenvalue weighted by atomic mass is 9.80. The predicted octanol–water partition coefficient (Wildman–Crippen LogP) is 5.25. The van der Waals surface area contributed by atoms with Gasteiger partial charge in [0, 0.05) is 23.0 Å². The molecule has 2 aromatic carbocycles. The number of rotatable bonds is 4. The molecule has 0 aliphatic heterocycles. The third-order valence-corrected chi connectivity index (χ3v) is 4.54. The number of hydrogen-bond acceptors (Lipinski definition) is 2. The molecule has 1 aliphatic carbocycles. The second-order valence-corrected chi connectivity index (χ2v) is 6.30. The summed E-state index contributed by atoms with van der Waals surface area (Å²) in [5.41, 5.74) is 2.11. The van der Waals surface area contributed by atoms with Crippen molar-refractivity contribution in [3.63, 3.8) is 0 Å². The van der Waals surface area contributed by atoms with Gasteiger partial charge in [-0.3, -0.25) is 4.79 Å². The molecule has 1 aliphatic rings. The SMILES string of the molecule is O=C1CCCC[C@@H]1[C@H](Nc1cccc(Cl)c1)c1ccccc1. The van der Waals surface area contributed by atoms with Crippen molar-refractivity contribution in [1.29, 1.82) is 0 Å². The fourth-order valence-corrected chi connectivity index (χ4v) is 3.39. The molecule has 1 fully saturated rings. The molecule has 1 saturated carbocycles. The molecule has 114 valence electrons. The Labute approximate surface area is 136 Å². The van der Waals surface area contributed by atoms with Crippen LogP contribution in [0.3, 0.4) is 0 Å². The summed E-state index contributed by atoms with van der Waals surface area (Å²) in [5.74, 6) is 0.407. The molecule has 3 rings (SSSR count). The Hall–Kier alpha value is -1.80. The molecule has 0 amide bonds. The van der Waals surface area contributed by atoms with Crippen molar-refractivity contribution in [3.8, 4) is 0 Å². The van der Waals surface area contributed by atoms with E-state index in [2.05, 4.69) is 17.4 Å². The largest absolute Gasteiger partial charge is 0.377 e. The van der Waals surface area contributed by atoms with E-state index in [1.165, 1.54) is 0 Å². The second kappa shape index (κ2) is 6.97. The van der Waals surface area contributed by atoms with Crippen LogP contribution in [0.5, 0.6) is 0 Å². The first-order chi connectivity index (χ1) is 10.7. The van der Waals surface area contributed by atoms with Crippen LogP contribution in [0.25, 0.3) is 0 Å². The number of halogens is 1. The summed E-state index contributed by atoms with van der Waals surface area (Å²) in [7, 11) is 0. The van der Waals surface area contributed by atoms with Gasteiger partial charge in [0.15, 0.2) is 0 Å². The number of carbonyl (C=O) groups is 1. The van der Waals surface area contributed by atoms with Crippen molar-refractivity contribution in [2.75, 3.05) is 5.32 Å². The minimum absolute atomic E-state index is 0.00691. The molecule has 0 heterocycles. The molecule has 0 radical (unpaired) electrons. The number of benzene rings is 2. The van der Waals surface area contributed by atoms with E-state index in [9.17, 15) is 4.79 Å². The van der Waals surface area contributed by atoms with Gasteiger partial charge < -0.3 is 5.32 Å². The quantitative estimate of drug-likeness (QED) is 0.835. The van der Waals surface area contributed by atoms with Gasteiger partial charge in [0.05, 0.1) is 6.04 Å². The van der Waals surface area contributed by atoms with Gasteiger partial charge in [0.25, 0.3) is 0 Å². The lowest BCUT2D eigenvalue weighted by Crippen LogP contribution is -2.30. The van der Waals surface area contributed by atoms with Crippen LogP contribution < -0.4 is 5.32 Å². The lowest BCUT2D eigenvalue weighted by Gasteiger charge is -2.31.